The zero-order chi connectivity index (χ0) is 24.9. The first-order valence-corrected chi connectivity index (χ1v) is 14.5. The normalized spacial score (nSPS) is 13.0. The minimum absolute atomic E-state index is 0.153. The minimum Gasteiger partial charge on any atom is -0.459 e. The molecule has 0 atom stereocenters. The van der Waals surface area contributed by atoms with Gasteiger partial charge in [-0.3, -0.25) is 9.36 Å². The first-order chi connectivity index (χ1) is 16.9. The fourth-order valence-electron chi connectivity index (χ4n) is 4.02. The van der Waals surface area contributed by atoms with E-state index in [1.54, 1.807) is 17.4 Å². The van der Waals surface area contributed by atoms with Crippen LogP contribution >= 0.6 is 34.4 Å². The maximum Gasteiger partial charge on any atom is 0.341 e. The second-order valence-electron chi connectivity index (χ2n) is 8.57. The Kier molecular flexibility index (Phi) is 8.46. The number of carbonyl (C=O) groups excluding carboxylic acids is 2. The van der Waals surface area contributed by atoms with Crippen molar-refractivity contribution in [1.82, 2.24) is 14.8 Å². The molecule has 35 heavy (non-hydrogen) atoms. The van der Waals surface area contributed by atoms with Crippen molar-refractivity contribution in [1.29, 1.82) is 0 Å². The average Bonchev–Trinajstić information content (AvgIpc) is 3.54. The van der Waals surface area contributed by atoms with Gasteiger partial charge < -0.3 is 10.1 Å². The molecule has 4 rings (SSSR count). The zero-order valence-corrected chi connectivity index (χ0v) is 22.7. The van der Waals surface area contributed by atoms with Gasteiger partial charge in [0.25, 0.3) is 0 Å². The van der Waals surface area contributed by atoms with Crippen LogP contribution in [0.15, 0.2) is 29.3 Å². The summed E-state index contributed by atoms with van der Waals surface area (Å²) in [5.74, 6) is 0.374. The molecule has 0 saturated carbocycles. The number of nitrogens with one attached hydrogen (secondary N) is 1. The van der Waals surface area contributed by atoms with Crippen molar-refractivity contribution in [2.45, 2.75) is 70.7 Å². The fourth-order valence-corrected chi connectivity index (χ4v) is 6.88. The van der Waals surface area contributed by atoms with E-state index >= 15 is 0 Å². The van der Waals surface area contributed by atoms with Crippen molar-refractivity contribution in [3.63, 3.8) is 0 Å². The van der Waals surface area contributed by atoms with Gasteiger partial charge in [0.05, 0.1) is 17.4 Å². The summed E-state index contributed by atoms with van der Waals surface area (Å²) in [4.78, 5) is 28.2. The number of hydrogen-bond acceptors (Lipinski definition) is 8. The number of hydrogen-bond donors (Lipinski definition) is 1. The first kappa shape index (κ1) is 25.7. The Hall–Kier alpha value is -2.43. The molecule has 0 unspecified atom stereocenters. The Morgan fingerprint density at radius 3 is 2.83 bits per heavy atom. The summed E-state index contributed by atoms with van der Waals surface area (Å²) < 4.78 is 7.46. The van der Waals surface area contributed by atoms with Crippen LogP contribution in [-0.2, 0) is 35.3 Å². The zero-order valence-electron chi connectivity index (χ0n) is 20.3. The van der Waals surface area contributed by atoms with Gasteiger partial charge in [0.15, 0.2) is 11.0 Å². The molecule has 3 aromatic heterocycles. The molecule has 0 aliphatic heterocycles. The molecule has 1 amide bonds. The van der Waals surface area contributed by atoms with E-state index in [1.165, 1.54) is 32.9 Å². The highest BCUT2D eigenvalue weighted by Gasteiger charge is 2.28. The number of allylic oxidation sites excluding steroid dienone is 1. The number of esters is 1. The molecule has 0 fully saturated rings. The van der Waals surface area contributed by atoms with E-state index in [2.05, 4.69) is 40.5 Å². The van der Waals surface area contributed by atoms with E-state index in [0.29, 0.717) is 22.3 Å². The molecule has 186 valence electrons. The largest absolute Gasteiger partial charge is 0.459 e. The highest BCUT2D eigenvalue weighted by Crippen LogP contribution is 2.39. The molecule has 10 heteroatoms. The lowest BCUT2D eigenvalue weighted by Crippen LogP contribution is -2.19. The summed E-state index contributed by atoms with van der Waals surface area (Å²) in [7, 11) is 0. The van der Waals surface area contributed by atoms with Gasteiger partial charge >= 0.3 is 5.97 Å². The molecule has 1 aliphatic rings. The van der Waals surface area contributed by atoms with Gasteiger partial charge in [0.2, 0.25) is 5.91 Å². The third-order valence-corrected chi connectivity index (χ3v) is 8.85. The summed E-state index contributed by atoms with van der Waals surface area (Å²) in [5, 5.41) is 15.0. The molecule has 0 saturated heterocycles. The number of carbonyl (C=O) groups is 2. The second-order valence-corrected chi connectivity index (χ2v) is 11.6. The smallest absolute Gasteiger partial charge is 0.341 e. The van der Waals surface area contributed by atoms with Crippen molar-refractivity contribution in [3.05, 3.63) is 45.0 Å². The van der Waals surface area contributed by atoms with Crippen molar-refractivity contribution in [2.75, 3.05) is 11.1 Å². The molecular weight excluding hydrogens is 501 g/mol. The van der Waals surface area contributed by atoms with E-state index in [-0.39, 0.29) is 23.7 Å². The van der Waals surface area contributed by atoms with Crippen LogP contribution in [0, 0.1) is 0 Å². The van der Waals surface area contributed by atoms with Crippen molar-refractivity contribution in [2.24, 2.45) is 0 Å². The molecule has 1 N–H and O–H groups in total. The number of fused-ring (bicyclic) bond motifs is 1. The predicted molar refractivity (Wildman–Crippen MR) is 144 cm³/mol. The monoisotopic (exact) mass is 530 g/mol. The van der Waals surface area contributed by atoms with Gasteiger partial charge in [0.1, 0.15) is 5.00 Å². The van der Waals surface area contributed by atoms with Gasteiger partial charge in [-0.2, -0.15) is 0 Å². The fraction of sp³-hybridized carbons (Fsp3) is 0.440. The second kappa shape index (κ2) is 11.5. The van der Waals surface area contributed by atoms with E-state index in [9.17, 15) is 9.59 Å². The maximum atomic E-state index is 12.9. The predicted octanol–water partition coefficient (Wildman–Crippen LogP) is 5.99. The van der Waals surface area contributed by atoms with Crippen LogP contribution in [-0.4, -0.2) is 38.5 Å². The van der Waals surface area contributed by atoms with Crippen LogP contribution < -0.4 is 5.32 Å². The highest BCUT2D eigenvalue weighted by molar-refractivity contribution is 7.99. The number of aryl methyl sites for hydroxylation is 2. The molecule has 0 aromatic carbocycles. The molecule has 0 radical (unpaired) electrons. The number of ether oxygens (including phenoxy) is 1. The van der Waals surface area contributed by atoms with E-state index in [1.807, 2.05) is 18.4 Å². The minimum atomic E-state index is -0.361. The first-order valence-electron chi connectivity index (χ1n) is 11.8. The molecule has 0 bridgehead atoms. The summed E-state index contributed by atoms with van der Waals surface area (Å²) >= 11 is 4.52. The molecule has 1 aliphatic carbocycles. The topological polar surface area (TPSA) is 86.1 Å². The third kappa shape index (κ3) is 5.87. The summed E-state index contributed by atoms with van der Waals surface area (Å²) in [6.07, 6.45) is 6.47. The van der Waals surface area contributed by atoms with E-state index < -0.39 is 0 Å². The molecule has 7 nitrogen and oxygen atoms in total. The Bertz CT molecular complexity index is 1220. The highest BCUT2D eigenvalue weighted by atomic mass is 32.2. The molecule has 0 spiro atoms. The Balaban J connectivity index is 1.49. The average molecular weight is 531 g/mol. The third-order valence-electron chi connectivity index (χ3n) is 5.59. The quantitative estimate of drug-likeness (QED) is 0.197. The Morgan fingerprint density at radius 2 is 2.11 bits per heavy atom. The van der Waals surface area contributed by atoms with E-state index in [0.717, 1.165) is 49.1 Å². The number of thioether (sulfide) groups is 1. The van der Waals surface area contributed by atoms with Crippen LogP contribution in [0.4, 0.5) is 5.00 Å². The van der Waals surface area contributed by atoms with Crippen LogP contribution in [0.1, 0.15) is 59.3 Å². The van der Waals surface area contributed by atoms with Crippen LogP contribution in [0.3, 0.4) is 0 Å². The lowest BCUT2D eigenvalue weighted by molar-refractivity contribution is -0.113. The molecule has 3 aromatic rings. The Labute approximate surface area is 218 Å². The van der Waals surface area contributed by atoms with Crippen LogP contribution in [0.2, 0.25) is 0 Å². The van der Waals surface area contributed by atoms with E-state index in [4.69, 9.17) is 4.74 Å². The lowest BCUT2D eigenvalue weighted by Gasteiger charge is -2.14. The summed E-state index contributed by atoms with van der Waals surface area (Å²) in [6, 6.07) is 2.13. The van der Waals surface area contributed by atoms with Crippen LogP contribution in [0.25, 0.3) is 11.4 Å². The molecule has 3 heterocycles. The molecular formula is C25H30N4O3S3. The van der Waals surface area contributed by atoms with Gasteiger partial charge in [-0.25, -0.2) is 4.79 Å². The van der Waals surface area contributed by atoms with Crippen molar-refractivity contribution in [3.8, 4) is 11.4 Å². The number of aromatic nitrogens is 3. The van der Waals surface area contributed by atoms with Gasteiger partial charge in [0, 0.05) is 27.2 Å². The number of rotatable bonds is 10. The lowest BCUT2D eigenvalue weighted by atomic mass is 9.95. The van der Waals surface area contributed by atoms with Crippen molar-refractivity contribution >= 4 is 51.3 Å². The van der Waals surface area contributed by atoms with Crippen molar-refractivity contribution < 1.29 is 14.3 Å². The number of amides is 1. The van der Waals surface area contributed by atoms with Crippen LogP contribution in [0.5, 0.6) is 0 Å². The Morgan fingerprint density at radius 1 is 1.31 bits per heavy atom. The number of thiophene rings is 2. The van der Waals surface area contributed by atoms with Gasteiger partial charge in [-0.05, 0) is 57.6 Å². The standard InChI is InChI=1S/C25H30N4O3S3/c1-5-11-29-22(16-12-17(6-2)33-13-16)27-28-25(29)34-14-20(30)26-23-21(24(31)32-15(3)4)18-9-7-8-10-19(18)35-23/h5,12-13,15H,1,6-11,14H2,2-4H3,(H,26,30). The summed E-state index contributed by atoms with van der Waals surface area (Å²) in [6.45, 7) is 10.2. The number of anilines is 1. The number of nitrogens with zero attached hydrogens (tertiary/aromatic N) is 3. The maximum absolute atomic E-state index is 12.9. The van der Waals surface area contributed by atoms with Gasteiger partial charge in [-0.15, -0.1) is 39.4 Å². The van der Waals surface area contributed by atoms with Gasteiger partial charge in [-0.1, -0.05) is 24.8 Å². The SMILES string of the molecule is C=CCn1c(SCC(=O)Nc2sc3c(c2C(=O)OC(C)C)CCCC3)nnc1-c1csc(CC)c1. The summed E-state index contributed by atoms with van der Waals surface area (Å²) in [5.41, 5.74) is 2.58.